The summed E-state index contributed by atoms with van der Waals surface area (Å²) in [6.45, 7) is 5.97. The molecule has 32 heavy (non-hydrogen) atoms. The summed E-state index contributed by atoms with van der Waals surface area (Å²) in [5.41, 5.74) is 2.08. The predicted octanol–water partition coefficient (Wildman–Crippen LogP) is 5.49. The molecule has 4 rings (SSSR count). The molecule has 0 atom stereocenters. The number of carbonyl (C=O) groups excluding carboxylic acids is 1. The molecule has 1 amide bonds. The Morgan fingerprint density at radius 1 is 1.00 bits per heavy atom. The largest absolute Gasteiger partial charge is 0.433 e. The van der Waals surface area contributed by atoms with Gasteiger partial charge in [-0.05, 0) is 36.6 Å². The minimum atomic E-state index is -4.71. The van der Waals surface area contributed by atoms with Gasteiger partial charge in [0.2, 0.25) is 5.82 Å². The number of aromatic nitrogens is 4. The number of carbonyl (C=O) groups is 1. The molecule has 0 aliphatic heterocycles. The van der Waals surface area contributed by atoms with Gasteiger partial charge in [-0.3, -0.25) is 4.79 Å². The molecule has 0 bridgehead atoms. The Labute approximate surface area is 182 Å². The summed E-state index contributed by atoms with van der Waals surface area (Å²) >= 11 is 0. The molecule has 2 aromatic heterocycles. The zero-order chi connectivity index (χ0) is 23.0. The molecule has 2 aromatic carbocycles. The Balaban J connectivity index is 1.72. The average Bonchev–Trinajstić information content (AvgIpc) is 3.17. The highest BCUT2D eigenvalue weighted by Crippen LogP contribution is 2.32. The van der Waals surface area contributed by atoms with Crippen LogP contribution in [-0.2, 0) is 6.18 Å². The van der Waals surface area contributed by atoms with Gasteiger partial charge in [0.1, 0.15) is 0 Å². The molecule has 4 aromatic rings. The fourth-order valence-corrected chi connectivity index (χ4v) is 3.18. The topological polar surface area (TPSA) is 72.2 Å². The number of anilines is 1. The van der Waals surface area contributed by atoms with E-state index in [0.29, 0.717) is 21.7 Å². The third-order valence-electron chi connectivity index (χ3n) is 4.99. The quantitative estimate of drug-likeness (QED) is 0.456. The maximum atomic E-state index is 13.7. The molecule has 0 unspecified atom stereocenters. The van der Waals surface area contributed by atoms with Crippen LogP contribution in [0.5, 0.6) is 0 Å². The third kappa shape index (κ3) is 4.32. The highest BCUT2D eigenvalue weighted by Gasteiger charge is 2.36. The number of aryl methyl sites for hydroxylation is 1. The molecular formula is C23H20F3N5O. The Kier molecular flexibility index (Phi) is 5.41. The highest BCUT2D eigenvalue weighted by molar-refractivity contribution is 6.01. The molecule has 0 radical (unpaired) electrons. The zero-order valence-electron chi connectivity index (χ0n) is 17.6. The second-order valence-corrected chi connectivity index (χ2v) is 7.77. The average molecular weight is 439 g/mol. The summed E-state index contributed by atoms with van der Waals surface area (Å²) in [4.78, 5) is 20.8. The molecule has 6 nitrogen and oxygen atoms in total. The summed E-state index contributed by atoms with van der Waals surface area (Å²) in [6, 6.07) is 15.0. The minimum Gasteiger partial charge on any atom is -0.319 e. The lowest BCUT2D eigenvalue weighted by Gasteiger charge is -2.10. The van der Waals surface area contributed by atoms with Crippen molar-refractivity contribution in [1.82, 2.24) is 19.6 Å². The van der Waals surface area contributed by atoms with Crippen LogP contribution in [0.4, 0.5) is 18.9 Å². The SMILES string of the molecule is Cc1ccc(-c2cc(C(F)(F)F)n3nc(C(=O)Nc4ccc(C(C)C)cc4)nc3n2)cc1. The van der Waals surface area contributed by atoms with E-state index in [2.05, 4.69) is 20.4 Å². The summed E-state index contributed by atoms with van der Waals surface area (Å²) in [5.74, 6) is -1.11. The van der Waals surface area contributed by atoms with E-state index in [4.69, 9.17) is 0 Å². The van der Waals surface area contributed by atoms with Crippen molar-refractivity contribution in [2.75, 3.05) is 5.32 Å². The second kappa shape index (κ2) is 8.07. The molecular weight excluding hydrogens is 419 g/mol. The Morgan fingerprint density at radius 3 is 2.25 bits per heavy atom. The smallest absolute Gasteiger partial charge is 0.319 e. The van der Waals surface area contributed by atoms with E-state index in [1.165, 1.54) is 0 Å². The zero-order valence-corrected chi connectivity index (χ0v) is 17.6. The first-order chi connectivity index (χ1) is 15.1. The monoisotopic (exact) mass is 439 g/mol. The highest BCUT2D eigenvalue weighted by atomic mass is 19.4. The molecule has 2 heterocycles. The predicted molar refractivity (Wildman–Crippen MR) is 114 cm³/mol. The summed E-state index contributed by atoms with van der Waals surface area (Å²) < 4.78 is 41.7. The van der Waals surface area contributed by atoms with Crippen LogP contribution in [0.2, 0.25) is 0 Å². The lowest BCUT2D eigenvalue weighted by atomic mass is 10.0. The fourth-order valence-electron chi connectivity index (χ4n) is 3.18. The Bertz CT molecular complexity index is 1280. The van der Waals surface area contributed by atoms with Crippen LogP contribution < -0.4 is 5.32 Å². The standard InChI is InChI=1S/C23H20F3N5O/c1-13(2)15-8-10-17(11-9-15)27-21(32)20-29-22-28-18(16-6-4-14(3)5-7-16)12-19(23(24,25)26)31(22)30-20/h4-13H,1-3H3,(H,27,32). The summed E-state index contributed by atoms with van der Waals surface area (Å²) in [6.07, 6.45) is -4.71. The molecule has 0 saturated carbocycles. The van der Waals surface area contributed by atoms with E-state index in [0.717, 1.165) is 17.2 Å². The Morgan fingerprint density at radius 2 is 1.66 bits per heavy atom. The first kappa shape index (κ1) is 21.5. The van der Waals surface area contributed by atoms with Gasteiger partial charge in [-0.15, -0.1) is 5.10 Å². The van der Waals surface area contributed by atoms with Crippen molar-refractivity contribution in [2.45, 2.75) is 32.9 Å². The van der Waals surface area contributed by atoms with Crippen molar-refractivity contribution in [3.8, 4) is 11.3 Å². The van der Waals surface area contributed by atoms with Crippen molar-refractivity contribution in [3.05, 3.63) is 77.2 Å². The minimum absolute atomic E-state index is 0.0912. The number of hydrogen-bond acceptors (Lipinski definition) is 4. The van der Waals surface area contributed by atoms with E-state index in [1.807, 2.05) is 32.9 Å². The molecule has 0 spiro atoms. The van der Waals surface area contributed by atoms with Gasteiger partial charge in [-0.25, -0.2) is 4.98 Å². The van der Waals surface area contributed by atoms with Crippen LogP contribution in [0.25, 0.3) is 17.0 Å². The fraction of sp³-hybridized carbons (Fsp3) is 0.217. The van der Waals surface area contributed by atoms with Gasteiger partial charge in [0.25, 0.3) is 11.7 Å². The molecule has 0 saturated heterocycles. The lowest BCUT2D eigenvalue weighted by Crippen LogP contribution is -2.16. The molecule has 0 aliphatic carbocycles. The van der Waals surface area contributed by atoms with Crippen LogP contribution >= 0.6 is 0 Å². The van der Waals surface area contributed by atoms with Gasteiger partial charge in [-0.2, -0.15) is 22.7 Å². The van der Waals surface area contributed by atoms with Gasteiger partial charge in [0.05, 0.1) is 5.69 Å². The van der Waals surface area contributed by atoms with E-state index < -0.39 is 23.6 Å². The van der Waals surface area contributed by atoms with Crippen LogP contribution in [-0.4, -0.2) is 25.5 Å². The van der Waals surface area contributed by atoms with E-state index >= 15 is 0 Å². The number of fused-ring (bicyclic) bond motifs is 1. The molecule has 0 fully saturated rings. The maximum absolute atomic E-state index is 13.7. The molecule has 164 valence electrons. The van der Waals surface area contributed by atoms with Crippen molar-refractivity contribution in [3.63, 3.8) is 0 Å². The Hall–Kier alpha value is -3.75. The normalized spacial score (nSPS) is 11.8. The maximum Gasteiger partial charge on any atom is 0.433 e. The van der Waals surface area contributed by atoms with Gasteiger partial charge < -0.3 is 5.32 Å². The van der Waals surface area contributed by atoms with E-state index in [-0.39, 0.29) is 11.5 Å². The van der Waals surface area contributed by atoms with Crippen LogP contribution in [0, 0.1) is 6.92 Å². The van der Waals surface area contributed by atoms with Gasteiger partial charge >= 0.3 is 6.18 Å². The first-order valence-corrected chi connectivity index (χ1v) is 9.95. The number of halogens is 3. The van der Waals surface area contributed by atoms with Crippen molar-refractivity contribution >= 4 is 17.4 Å². The lowest BCUT2D eigenvalue weighted by molar-refractivity contribution is -0.142. The molecule has 1 N–H and O–H groups in total. The van der Waals surface area contributed by atoms with Crippen LogP contribution in [0.15, 0.2) is 54.6 Å². The first-order valence-electron chi connectivity index (χ1n) is 9.95. The number of nitrogens with zero attached hydrogens (tertiary/aromatic N) is 4. The van der Waals surface area contributed by atoms with Crippen LogP contribution in [0.3, 0.4) is 0 Å². The van der Waals surface area contributed by atoms with Gasteiger partial charge in [0.15, 0.2) is 5.69 Å². The van der Waals surface area contributed by atoms with Crippen LogP contribution in [0.1, 0.15) is 47.2 Å². The number of alkyl halides is 3. The molecule has 0 aliphatic rings. The number of hydrogen-bond donors (Lipinski definition) is 1. The summed E-state index contributed by atoms with van der Waals surface area (Å²) in [5, 5.41) is 6.39. The number of nitrogens with one attached hydrogen (secondary N) is 1. The summed E-state index contributed by atoms with van der Waals surface area (Å²) in [7, 11) is 0. The van der Waals surface area contributed by atoms with Gasteiger partial charge in [0, 0.05) is 11.3 Å². The number of amides is 1. The van der Waals surface area contributed by atoms with Crippen molar-refractivity contribution < 1.29 is 18.0 Å². The van der Waals surface area contributed by atoms with Crippen molar-refractivity contribution in [2.24, 2.45) is 0 Å². The van der Waals surface area contributed by atoms with Crippen molar-refractivity contribution in [1.29, 1.82) is 0 Å². The number of rotatable bonds is 4. The van der Waals surface area contributed by atoms with E-state index in [9.17, 15) is 18.0 Å². The second-order valence-electron chi connectivity index (χ2n) is 7.77. The molecule has 9 heteroatoms. The van der Waals surface area contributed by atoms with Gasteiger partial charge in [-0.1, -0.05) is 55.8 Å². The number of benzene rings is 2. The third-order valence-corrected chi connectivity index (χ3v) is 4.99. The van der Waals surface area contributed by atoms with E-state index in [1.54, 1.807) is 36.4 Å².